The van der Waals surface area contributed by atoms with E-state index in [1.165, 1.54) is 42.8 Å². The highest BCUT2D eigenvalue weighted by Crippen LogP contribution is 2.37. The number of fused-ring (bicyclic) bond motifs is 1. The summed E-state index contributed by atoms with van der Waals surface area (Å²) >= 11 is 2.05. The minimum atomic E-state index is 0.400. The van der Waals surface area contributed by atoms with Crippen molar-refractivity contribution >= 4 is 11.8 Å². The Labute approximate surface area is 108 Å². The van der Waals surface area contributed by atoms with Crippen LogP contribution in [0.4, 0.5) is 0 Å². The molecule has 1 fully saturated rings. The lowest BCUT2D eigenvalue weighted by Crippen LogP contribution is -2.45. The van der Waals surface area contributed by atoms with Crippen molar-refractivity contribution in [2.45, 2.75) is 35.4 Å². The van der Waals surface area contributed by atoms with Crippen molar-refractivity contribution < 1.29 is 0 Å². The molecule has 2 aliphatic rings. The van der Waals surface area contributed by atoms with Gasteiger partial charge in [0.2, 0.25) is 0 Å². The molecule has 0 amide bonds. The third kappa shape index (κ3) is 2.67. The number of hydrogen-bond donors (Lipinski definition) is 1. The van der Waals surface area contributed by atoms with E-state index in [9.17, 15) is 0 Å². The molecule has 1 saturated heterocycles. The molecule has 0 aliphatic carbocycles. The average molecular weight is 248 g/mol. The highest BCUT2D eigenvalue weighted by Gasteiger charge is 2.25. The first kappa shape index (κ1) is 11.6. The number of likely N-dealkylation sites (tertiary alicyclic amines) is 1. The predicted octanol–water partition coefficient (Wildman–Crippen LogP) is 2.13. The lowest BCUT2D eigenvalue weighted by atomic mass is 10.1. The van der Waals surface area contributed by atoms with Crippen LogP contribution in [0, 0.1) is 0 Å². The summed E-state index contributed by atoms with van der Waals surface area (Å²) in [6.07, 6.45) is 3.70. The topological polar surface area (TPSA) is 29.3 Å². The number of piperidine rings is 1. The molecule has 0 bridgehead atoms. The van der Waals surface area contributed by atoms with Crippen molar-refractivity contribution in [1.29, 1.82) is 0 Å². The largest absolute Gasteiger partial charge is 0.327 e. The van der Waals surface area contributed by atoms with Crippen LogP contribution in [0.1, 0.15) is 18.4 Å². The summed E-state index contributed by atoms with van der Waals surface area (Å²) in [5.74, 6) is 0. The molecule has 0 saturated carbocycles. The summed E-state index contributed by atoms with van der Waals surface area (Å²) in [5.41, 5.74) is 7.57. The second-order valence-electron chi connectivity index (χ2n) is 5.21. The molecule has 2 nitrogen and oxygen atoms in total. The van der Waals surface area contributed by atoms with Crippen LogP contribution in [-0.4, -0.2) is 35.8 Å². The normalized spacial score (nSPS) is 29.2. The van der Waals surface area contributed by atoms with E-state index in [2.05, 4.69) is 29.2 Å². The lowest BCUT2D eigenvalue weighted by molar-refractivity contribution is 0.210. The van der Waals surface area contributed by atoms with Gasteiger partial charge < -0.3 is 10.6 Å². The Bertz CT molecular complexity index is 369. The fraction of sp³-hybridized carbons (Fsp3) is 0.571. The number of nitrogens with two attached hydrogens (primary N) is 1. The lowest BCUT2D eigenvalue weighted by Gasteiger charge is -2.32. The molecule has 2 N–H and O–H groups in total. The molecule has 0 spiro atoms. The minimum absolute atomic E-state index is 0.400. The Morgan fingerprint density at radius 3 is 3.06 bits per heavy atom. The molecular weight excluding hydrogens is 228 g/mol. The molecule has 1 aromatic carbocycles. The summed E-state index contributed by atoms with van der Waals surface area (Å²) in [4.78, 5) is 4.04. The summed E-state index contributed by atoms with van der Waals surface area (Å²) in [7, 11) is 0. The Hall–Kier alpha value is -0.510. The third-order valence-electron chi connectivity index (χ3n) is 3.72. The highest BCUT2D eigenvalue weighted by atomic mass is 32.2. The SMILES string of the molecule is N[C@@H]1CCCN(CC2Cc3ccccc3S2)C1. The Morgan fingerprint density at radius 1 is 1.35 bits per heavy atom. The number of nitrogens with zero attached hydrogens (tertiary/aromatic N) is 1. The average Bonchev–Trinajstić information content (AvgIpc) is 2.71. The van der Waals surface area contributed by atoms with E-state index in [0.29, 0.717) is 6.04 Å². The van der Waals surface area contributed by atoms with E-state index in [1.54, 1.807) is 0 Å². The summed E-state index contributed by atoms with van der Waals surface area (Å²) < 4.78 is 0. The van der Waals surface area contributed by atoms with Gasteiger partial charge in [-0.1, -0.05) is 18.2 Å². The van der Waals surface area contributed by atoms with E-state index >= 15 is 0 Å². The summed E-state index contributed by atoms with van der Waals surface area (Å²) in [5, 5.41) is 0.734. The standard InChI is InChI=1S/C14H20N2S/c15-12-5-3-7-16(9-12)10-13-8-11-4-1-2-6-14(11)17-13/h1-2,4,6,12-13H,3,5,7-10,15H2/t12-,13?/m1/s1. The molecule has 92 valence electrons. The molecule has 2 heterocycles. The second kappa shape index (κ2) is 5.01. The van der Waals surface area contributed by atoms with Gasteiger partial charge in [-0.15, -0.1) is 11.8 Å². The van der Waals surface area contributed by atoms with Gasteiger partial charge in [0.1, 0.15) is 0 Å². The number of benzene rings is 1. The van der Waals surface area contributed by atoms with Crippen molar-refractivity contribution in [2.75, 3.05) is 19.6 Å². The maximum absolute atomic E-state index is 6.04. The first-order valence-corrected chi connectivity index (χ1v) is 7.42. The zero-order chi connectivity index (χ0) is 11.7. The van der Waals surface area contributed by atoms with E-state index in [-0.39, 0.29) is 0 Å². The Balaban J connectivity index is 1.58. The predicted molar refractivity (Wildman–Crippen MR) is 73.4 cm³/mol. The molecule has 1 aromatic rings. The molecule has 17 heavy (non-hydrogen) atoms. The van der Waals surface area contributed by atoms with Crippen molar-refractivity contribution in [3.8, 4) is 0 Å². The van der Waals surface area contributed by atoms with Crippen LogP contribution in [-0.2, 0) is 6.42 Å². The van der Waals surface area contributed by atoms with Gasteiger partial charge in [0, 0.05) is 29.3 Å². The smallest absolute Gasteiger partial charge is 0.0263 e. The maximum atomic E-state index is 6.04. The molecule has 3 rings (SSSR count). The van der Waals surface area contributed by atoms with Gasteiger partial charge in [0.05, 0.1) is 0 Å². The summed E-state index contributed by atoms with van der Waals surface area (Å²) in [6, 6.07) is 9.22. The van der Waals surface area contributed by atoms with Crippen molar-refractivity contribution in [1.82, 2.24) is 4.90 Å². The van der Waals surface area contributed by atoms with Gasteiger partial charge in [-0.2, -0.15) is 0 Å². The van der Waals surface area contributed by atoms with Crippen LogP contribution >= 0.6 is 11.8 Å². The van der Waals surface area contributed by atoms with Crippen LogP contribution < -0.4 is 5.73 Å². The molecule has 0 radical (unpaired) electrons. The van der Waals surface area contributed by atoms with Gasteiger partial charge in [-0.3, -0.25) is 0 Å². The van der Waals surface area contributed by atoms with Gasteiger partial charge in [0.15, 0.2) is 0 Å². The van der Waals surface area contributed by atoms with Gasteiger partial charge >= 0.3 is 0 Å². The van der Waals surface area contributed by atoms with Gasteiger partial charge in [-0.05, 0) is 37.4 Å². The van der Waals surface area contributed by atoms with Crippen molar-refractivity contribution in [3.05, 3.63) is 29.8 Å². The van der Waals surface area contributed by atoms with Crippen LogP contribution in [0.2, 0.25) is 0 Å². The van der Waals surface area contributed by atoms with E-state index in [0.717, 1.165) is 11.8 Å². The Morgan fingerprint density at radius 2 is 2.24 bits per heavy atom. The first-order chi connectivity index (χ1) is 8.31. The van der Waals surface area contributed by atoms with E-state index in [1.807, 2.05) is 11.8 Å². The van der Waals surface area contributed by atoms with E-state index < -0.39 is 0 Å². The number of rotatable bonds is 2. The molecule has 0 aromatic heterocycles. The second-order valence-corrected chi connectivity index (χ2v) is 6.56. The third-order valence-corrected chi connectivity index (χ3v) is 5.02. The van der Waals surface area contributed by atoms with Gasteiger partial charge in [-0.25, -0.2) is 0 Å². The zero-order valence-corrected chi connectivity index (χ0v) is 11.0. The molecule has 3 heteroatoms. The first-order valence-electron chi connectivity index (χ1n) is 6.54. The van der Waals surface area contributed by atoms with Crippen LogP contribution in [0.25, 0.3) is 0 Å². The molecular formula is C14H20N2S. The van der Waals surface area contributed by atoms with E-state index in [4.69, 9.17) is 5.73 Å². The summed E-state index contributed by atoms with van der Waals surface area (Å²) in [6.45, 7) is 3.53. The quantitative estimate of drug-likeness (QED) is 0.869. The Kier molecular flexibility index (Phi) is 3.41. The van der Waals surface area contributed by atoms with Crippen LogP contribution in [0.5, 0.6) is 0 Å². The minimum Gasteiger partial charge on any atom is -0.327 e. The monoisotopic (exact) mass is 248 g/mol. The van der Waals surface area contributed by atoms with Gasteiger partial charge in [0.25, 0.3) is 0 Å². The fourth-order valence-electron chi connectivity index (χ4n) is 2.90. The zero-order valence-electron chi connectivity index (χ0n) is 10.1. The fourth-order valence-corrected chi connectivity index (χ4v) is 4.27. The number of hydrogen-bond acceptors (Lipinski definition) is 3. The van der Waals surface area contributed by atoms with Crippen LogP contribution in [0.3, 0.4) is 0 Å². The molecule has 2 atom stereocenters. The van der Waals surface area contributed by atoms with Crippen molar-refractivity contribution in [3.63, 3.8) is 0 Å². The van der Waals surface area contributed by atoms with Crippen LogP contribution in [0.15, 0.2) is 29.2 Å². The van der Waals surface area contributed by atoms with Crippen molar-refractivity contribution in [2.24, 2.45) is 5.73 Å². The maximum Gasteiger partial charge on any atom is 0.0263 e. The molecule has 2 aliphatic heterocycles. The highest BCUT2D eigenvalue weighted by molar-refractivity contribution is 8.00. The molecule has 1 unspecified atom stereocenters. The number of thioether (sulfide) groups is 1.